The first kappa shape index (κ1) is 28.4. The van der Waals surface area contributed by atoms with E-state index in [4.69, 9.17) is 14.2 Å². The molecule has 1 saturated heterocycles. The zero-order valence-electron chi connectivity index (χ0n) is 22.5. The van der Waals surface area contributed by atoms with Crippen molar-refractivity contribution in [2.75, 3.05) is 6.26 Å². The van der Waals surface area contributed by atoms with Crippen LogP contribution in [0.3, 0.4) is 0 Å². The van der Waals surface area contributed by atoms with Crippen molar-refractivity contribution in [2.45, 2.75) is 89.9 Å². The van der Waals surface area contributed by atoms with Gasteiger partial charge in [-0.1, -0.05) is 33.6 Å². The zero-order valence-corrected chi connectivity index (χ0v) is 24.1. The van der Waals surface area contributed by atoms with E-state index in [1.807, 2.05) is 37.6 Å². The van der Waals surface area contributed by atoms with Crippen LogP contribution in [0.4, 0.5) is 4.79 Å². The maximum absolute atomic E-state index is 13.5. The molecule has 0 radical (unpaired) electrons. The fourth-order valence-corrected chi connectivity index (χ4v) is 7.28. The van der Waals surface area contributed by atoms with Crippen molar-refractivity contribution in [1.82, 2.24) is 14.3 Å². The van der Waals surface area contributed by atoms with Crippen LogP contribution in [-0.2, 0) is 23.8 Å². The monoisotopic (exact) mass is 565 g/mol. The van der Waals surface area contributed by atoms with Gasteiger partial charge < -0.3 is 24.2 Å². The molecule has 2 aromatic rings. The first-order valence-corrected chi connectivity index (χ1v) is 15.0. The molecule has 4 heterocycles. The number of hydrogen-bond acceptors (Lipinski definition) is 10. The Morgan fingerprint density at radius 2 is 1.87 bits per heavy atom. The fraction of sp³-hybridized carbons (Fsp3) is 0.615. The van der Waals surface area contributed by atoms with E-state index >= 15 is 0 Å². The molecular formula is C26H35N3O7S2. The highest BCUT2D eigenvalue weighted by Gasteiger charge is 2.60. The number of ether oxygens (including phenoxy) is 3. The Morgan fingerprint density at radius 3 is 2.47 bits per heavy atom. The highest BCUT2D eigenvalue weighted by molar-refractivity contribution is 7.98. The van der Waals surface area contributed by atoms with Gasteiger partial charge in [0.2, 0.25) is 12.2 Å². The van der Waals surface area contributed by atoms with Crippen molar-refractivity contribution in [1.29, 1.82) is 0 Å². The van der Waals surface area contributed by atoms with Crippen LogP contribution >= 0.6 is 23.1 Å². The molecule has 2 aliphatic rings. The lowest BCUT2D eigenvalue weighted by atomic mass is 9.77. The molecule has 0 saturated carbocycles. The average molecular weight is 566 g/mol. The van der Waals surface area contributed by atoms with Crippen LogP contribution in [0.5, 0.6) is 0 Å². The Kier molecular flexibility index (Phi) is 8.73. The maximum atomic E-state index is 13.5. The van der Waals surface area contributed by atoms with Crippen LogP contribution in [0.25, 0.3) is 10.4 Å². The quantitative estimate of drug-likeness (QED) is 0.179. The van der Waals surface area contributed by atoms with Crippen molar-refractivity contribution in [2.24, 2.45) is 11.8 Å². The minimum Gasteiger partial charge on any atom is -0.431 e. The molecule has 208 valence electrons. The number of aromatic nitrogens is 2. The Labute approximate surface area is 230 Å². The van der Waals surface area contributed by atoms with Gasteiger partial charge in [-0.05, 0) is 26.0 Å². The lowest BCUT2D eigenvalue weighted by molar-refractivity contribution is -0.174. The summed E-state index contributed by atoms with van der Waals surface area (Å²) in [5.41, 5.74) is 0.782. The highest BCUT2D eigenvalue weighted by atomic mass is 32.2. The van der Waals surface area contributed by atoms with Crippen LogP contribution < -0.4 is 0 Å². The molecule has 12 heteroatoms. The summed E-state index contributed by atoms with van der Waals surface area (Å²) in [6, 6.07) is -0.371. The number of fused-ring (bicyclic) bond motifs is 2. The molecule has 0 bridgehead atoms. The van der Waals surface area contributed by atoms with Crippen LogP contribution in [-0.4, -0.2) is 68.2 Å². The summed E-state index contributed by atoms with van der Waals surface area (Å²) in [6.07, 6.45) is 5.47. The molecule has 10 nitrogen and oxygen atoms in total. The number of aliphatic hydroxyl groups excluding tert-OH is 1. The van der Waals surface area contributed by atoms with E-state index in [1.165, 1.54) is 34.9 Å². The number of rotatable bonds is 11. The molecule has 0 spiro atoms. The minimum absolute atomic E-state index is 0.117. The molecule has 1 unspecified atom stereocenters. The second kappa shape index (κ2) is 11.7. The third-order valence-electron chi connectivity index (χ3n) is 7.02. The smallest absolute Gasteiger partial charge is 0.431 e. The normalized spacial score (nSPS) is 22.5. The van der Waals surface area contributed by atoms with E-state index in [0.29, 0.717) is 5.57 Å². The van der Waals surface area contributed by atoms with Crippen LogP contribution in [0, 0.1) is 11.8 Å². The molecule has 1 fully saturated rings. The summed E-state index contributed by atoms with van der Waals surface area (Å²) < 4.78 is 18.0. The Hall–Kier alpha value is -2.57. The van der Waals surface area contributed by atoms with E-state index in [2.05, 4.69) is 4.98 Å². The number of carbonyl (C=O) groups excluding carboxylic acids is 3. The van der Waals surface area contributed by atoms with E-state index < -0.39 is 30.4 Å². The Bertz CT molecular complexity index is 1230. The van der Waals surface area contributed by atoms with Gasteiger partial charge in [0.25, 0.3) is 0 Å². The van der Waals surface area contributed by atoms with Gasteiger partial charge in [0.05, 0.1) is 22.9 Å². The van der Waals surface area contributed by atoms with Gasteiger partial charge in [-0.25, -0.2) is 14.6 Å². The standard InChI is InChI=1S/C26H35N3O7S2/c1-7-9-16(10-8-2)36-26(33)35-15(5)34-25(32)21-18(13(3)20-19(14(4)30)23(31)29(20)21)17-11-28-12-27-22(37-6)24(28)38-17/h11-16,19-20,30H,7-10H2,1-6H3/t13-,14+,15?,19+,20+/m0/s1. The van der Waals surface area contributed by atoms with Gasteiger partial charge >= 0.3 is 12.1 Å². The Balaban J connectivity index is 1.59. The van der Waals surface area contributed by atoms with E-state index in [9.17, 15) is 19.5 Å². The van der Waals surface area contributed by atoms with E-state index in [-0.39, 0.29) is 29.7 Å². The number of carbonyl (C=O) groups is 3. The second-order valence-electron chi connectivity index (χ2n) is 9.74. The molecule has 1 amide bonds. The fourth-order valence-electron chi connectivity index (χ4n) is 5.36. The Morgan fingerprint density at radius 1 is 1.18 bits per heavy atom. The summed E-state index contributed by atoms with van der Waals surface area (Å²) in [7, 11) is 0. The molecule has 4 rings (SSSR count). The van der Waals surface area contributed by atoms with E-state index in [1.54, 1.807) is 13.3 Å². The predicted molar refractivity (Wildman–Crippen MR) is 143 cm³/mol. The van der Waals surface area contributed by atoms with Crippen LogP contribution in [0.2, 0.25) is 0 Å². The largest absolute Gasteiger partial charge is 0.511 e. The number of aliphatic hydroxyl groups is 1. The maximum Gasteiger partial charge on any atom is 0.511 e. The minimum atomic E-state index is -1.22. The first-order chi connectivity index (χ1) is 18.1. The molecule has 2 aromatic heterocycles. The number of nitrogens with zero attached hydrogens (tertiary/aromatic N) is 3. The third-order valence-corrected chi connectivity index (χ3v) is 8.98. The van der Waals surface area contributed by atoms with Crippen molar-refractivity contribution >= 4 is 51.5 Å². The third kappa shape index (κ3) is 5.17. The molecule has 2 aliphatic heterocycles. The number of esters is 1. The number of β-lactam (4-membered cyclic amide) rings is 1. The molecule has 38 heavy (non-hydrogen) atoms. The lowest BCUT2D eigenvalue weighted by Crippen LogP contribution is -2.63. The van der Waals surface area contributed by atoms with Crippen molar-refractivity contribution in [3.8, 4) is 0 Å². The van der Waals surface area contributed by atoms with Crippen molar-refractivity contribution < 1.29 is 33.7 Å². The second-order valence-corrected chi connectivity index (χ2v) is 11.6. The number of thioether (sulfide) groups is 1. The SMILES string of the molecule is CCCC(CCC)OC(=O)OC(C)OC(=O)C1=C(c2cn3cnc(SC)c3s2)[C@H](C)[C@@H]2[C@@H]([C@@H](C)O)C(=O)N12. The van der Waals surface area contributed by atoms with Gasteiger partial charge in [-0.2, -0.15) is 0 Å². The van der Waals surface area contributed by atoms with E-state index in [0.717, 1.165) is 40.4 Å². The van der Waals surface area contributed by atoms with Gasteiger partial charge in [0.15, 0.2) is 0 Å². The van der Waals surface area contributed by atoms with Gasteiger partial charge in [-0.3, -0.25) is 9.20 Å². The first-order valence-electron chi connectivity index (χ1n) is 13.0. The van der Waals surface area contributed by atoms with Crippen molar-refractivity contribution in [3.05, 3.63) is 23.1 Å². The number of imidazole rings is 1. The van der Waals surface area contributed by atoms with Crippen LogP contribution in [0.1, 0.15) is 65.2 Å². The average Bonchev–Trinajstić information content (AvgIpc) is 3.48. The summed E-state index contributed by atoms with van der Waals surface area (Å²) in [4.78, 5) is 46.4. The predicted octanol–water partition coefficient (Wildman–Crippen LogP) is 4.70. The number of amides is 1. The number of hydrogen-bond donors (Lipinski definition) is 1. The zero-order chi connectivity index (χ0) is 27.7. The summed E-state index contributed by atoms with van der Waals surface area (Å²) in [6.45, 7) is 8.98. The van der Waals surface area contributed by atoms with Crippen molar-refractivity contribution in [3.63, 3.8) is 0 Å². The summed E-state index contributed by atoms with van der Waals surface area (Å²) in [5, 5.41) is 11.1. The summed E-state index contributed by atoms with van der Waals surface area (Å²) >= 11 is 3.00. The molecule has 0 aromatic carbocycles. The van der Waals surface area contributed by atoms with Gasteiger partial charge in [-0.15, -0.1) is 23.1 Å². The van der Waals surface area contributed by atoms with Crippen LogP contribution in [0.15, 0.2) is 23.2 Å². The van der Waals surface area contributed by atoms with Gasteiger partial charge in [0.1, 0.15) is 28.0 Å². The van der Waals surface area contributed by atoms with Gasteiger partial charge in [0, 0.05) is 24.6 Å². The summed E-state index contributed by atoms with van der Waals surface area (Å²) in [5.74, 6) is -1.94. The molecule has 1 N–H and O–H groups in total. The molecule has 5 atom stereocenters. The highest BCUT2D eigenvalue weighted by Crippen LogP contribution is 2.52. The lowest BCUT2D eigenvalue weighted by Gasteiger charge is -2.46. The molecule has 0 aliphatic carbocycles. The number of thiazole rings is 1. The topological polar surface area (TPSA) is 120 Å². The molecular weight excluding hydrogens is 530 g/mol.